The van der Waals surface area contributed by atoms with Crippen molar-refractivity contribution >= 4 is 24.4 Å². The highest BCUT2D eigenvalue weighted by atomic mass is 32.1. The predicted molar refractivity (Wildman–Crippen MR) is 54.8 cm³/mol. The van der Waals surface area contributed by atoms with E-state index in [-0.39, 0.29) is 0 Å². The first-order valence-corrected chi connectivity index (χ1v) is 4.31. The van der Waals surface area contributed by atoms with Gasteiger partial charge in [-0.15, -0.1) is 12.6 Å². The molecule has 0 N–H and O–H groups in total. The molecule has 0 amide bonds. The molecule has 0 aliphatic carbocycles. The number of hydrogen-bond acceptors (Lipinski definition) is 2. The summed E-state index contributed by atoms with van der Waals surface area (Å²) < 4.78 is 0. The van der Waals surface area contributed by atoms with Gasteiger partial charge in [-0.1, -0.05) is 12.1 Å². The van der Waals surface area contributed by atoms with Crippen LogP contribution >= 0.6 is 12.6 Å². The fraction of sp³-hybridized carbons (Fsp3) is 0.100. The van der Waals surface area contributed by atoms with E-state index in [1.807, 2.05) is 24.5 Å². The van der Waals surface area contributed by atoms with Gasteiger partial charge in [-0.3, -0.25) is 4.99 Å². The van der Waals surface area contributed by atoms with Gasteiger partial charge in [0.25, 0.3) is 0 Å². The zero-order valence-electron chi connectivity index (χ0n) is 6.57. The second-order valence-corrected chi connectivity index (χ2v) is 3.25. The molecule has 0 bridgehead atoms. The fourth-order valence-electron chi connectivity index (χ4n) is 1.21. The molecule has 0 radical (unpaired) electrons. The van der Waals surface area contributed by atoms with Crippen molar-refractivity contribution in [3.05, 3.63) is 36.0 Å². The first-order chi connectivity index (χ1) is 5.86. The van der Waals surface area contributed by atoms with Crippen LogP contribution in [0.3, 0.4) is 0 Å². The number of thiol groups is 1. The van der Waals surface area contributed by atoms with Gasteiger partial charge < -0.3 is 0 Å². The molecule has 1 heterocycles. The lowest BCUT2D eigenvalue weighted by Crippen LogP contribution is -1.80. The van der Waals surface area contributed by atoms with Crippen molar-refractivity contribution in [2.24, 2.45) is 4.99 Å². The molecule has 1 aromatic rings. The van der Waals surface area contributed by atoms with Crippen molar-refractivity contribution in [1.29, 1.82) is 0 Å². The van der Waals surface area contributed by atoms with Crippen LogP contribution in [0.2, 0.25) is 0 Å². The van der Waals surface area contributed by atoms with Gasteiger partial charge in [0, 0.05) is 23.7 Å². The Balaban J connectivity index is 2.30. The highest BCUT2D eigenvalue weighted by Crippen LogP contribution is 2.21. The molecule has 0 saturated carbocycles. The van der Waals surface area contributed by atoms with Crippen molar-refractivity contribution in [3.8, 4) is 0 Å². The van der Waals surface area contributed by atoms with Gasteiger partial charge in [-0.2, -0.15) is 0 Å². The summed E-state index contributed by atoms with van der Waals surface area (Å²) in [5.41, 5.74) is 2.52. The van der Waals surface area contributed by atoms with Crippen LogP contribution in [0.25, 0.3) is 5.57 Å². The minimum atomic E-state index is 0.950. The minimum Gasteiger partial charge on any atom is -0.268 e. The molecule has 1 aliphatic heterocycles. The molecule has 12 heavy (non-hydrogen) atoms. The van der Waals surface area contributed by atoms with Crippen LogP contribution in [0.5, 0.6) is 0 Å². The molecule has 0 atom stereocenters. The predicted octanol–water partition coefficient (Wildman–Crippen LogP) is 2.79. The summed E-state index contributed by atoms with van der Waals surface area (Å²) >= 11 is 4.22. The maximum atomic E-state index is 4.22. The lowest BCUT2D eigenvalue weighted by atomic mass is 10.1. The van der Waals surface area contributed by atoms with E-state index in [9.17, 15) is 0 Å². The largest absolute Gasteiger partial charge is 0.268 e. The third-order valence-corrected chi connectivity index (χ3v) is 2.18. The Labute approximate surface area is 77.2 Å². The first-order valence-electron chi connectivity index (χ1n) is 3.86. The monoisotopic (exact) mass is 175 g/mol. The zero-order valence-corrected chi connectivity index (χ0v) is 7.46. The van der Waals surface area contributed by atoms with Crippen molar-refractivity contribution in [2.75, 3.05) is 0 Å². The summed E-state index contributed by atoms with van der Waals surface area (Å²) in [5, 5.41) is 0. The van der Waals surface area contributed by atoms with Crippen molar-refractivity contribution in [1.82, 2.24) is 0 Å². The maximum absolute atomic E-state index is 4.22. The number of benzene rings is 1. The second kappa shape index (κ2) is 3.15. The zero-order chi connectivity index (χ0) is 8.39. The van der Waals surface area contributed by atoms with E-state index in [1.54, 1.807) is 0 Å². The van der Waals surface area contributed by atoms with Crippen molar-refractivity contribution < 1.29 is 0 Å². The van der Waals surface area contributed by atoms with E-state index >= 15 is 0 Å². The van der Waals surface area contributed by atoms with Crippen LogP contribution in [-0.2, 0) is 0 Å². The van der Waals surface area contributed by atoms with Crippen LogP contribution in [0.15, 0.2) is 40.4 Å². The average Bonchev–Trinajstić information content (AvgIpc) is 2.58. The SMILES string of the molecule is Sc1ccc(C2=CN=CC2)cc1. The summed E-state index contributed by atoms with van der Waals surface area (Å²) in [5.74, 6) is 0. The van der Waals surface area contributed by atoms with E-state index < -0.39 is 0 Å². The van der Waals surface area contributed by atoms with Gasteiger partial charge in [-0.05, 0) is 23.3 Å². The average molecular weight is 175 g/mol. The Hall–Kier alpha value is -1.02. The Morgan fingerprint density at radius 1 is 1.17 bits per heavy atom. The molecule has 2 rings (SSSR count). The fourth-order valence-corrected chi connectivity index (χ4v) is 1.36. The number of aliphatic imine (C=N–C) groups is 1. The van der Waals surface area contributed by atoms with Crippen LogP contribution in [-0.4, -0.2) is 6.21 Å². The molecule has 1 aromatic carbocycles. The van der Waals surface area contributed by atoms with E-state index in [1.165, 1.54) is 11.1 Å². The van der Waals surface area contributed by atoms with Gasteiger partial charge in [0.1, 0.15) is 0 Å². The molecule has 60 valence electrons. The summed E-state index contributed by atoms with van der Waals surface area (Å²) in [6.45, 7) is 0. The van der Waals surface area contributed by atoms with Crippen LogP contribution in [0.4, 0.5) is 0 Å². The number of hydrogen-bond donors (Lipinski definition) is 1. The number of nitrogens with zero attached hydrogens (tertiary/aromatic N) is 1. The Bertz CT molecular complexity index is 335. The summed E-state index contributed by atoms with van der Waals surface area (Å²) in [6, 6.07) is 8.14. The van der Waals surface area contributed by atoms with Crippen LogP contribution in [0.1, 0.15) is 12.0 Å². The molecular weight excluding hydrogens is 166 g/mol. The molecule has 2 heteroatoms. The Morgan fingerprint density at radius 2 is 1.92 bits per heavy atom. The standard InChI is InChI=1S/C10H9NS/c12-10-3-1-8(2-4-10)9-5-6-11-7-9/h1-4,6-7,12H,5H2. The molecule has 1 nitrogen and oxygen atoms in total. The van der Waals surface area contributed by atoms with Gasteiger partial charge >= 0.3 is 0 Å². The molecule has 0 fully saturated rings. The number of allylic oxidation sites excluding steroid dienone is 1. The van der Waals surface area contributed by atoms with Gasteiger partial charge in [-0.25, -0.2) is 0 Å². The van der Waals surface area contributed by atoms with Gasteiger partial charge in [0.2, 0.25) is 0 Å². The topological polar surface area (TPSA) is 12.4 Å². The van der Waals surface area contributed by atoms with E-state index in [0.717, 1.165) is 11.3 Å². The van der Waals surface area contributed by atoms with Gasteiger partial charge in [0.15, 0.2) is 0 Å². The van der Waals surface area contributed by atoms with Crippen molar-refractivity contribution in [2.45, 2.75) is 11.3 Å². The minimum absolute atomic E-state index is 0.950. The Morgan fingerprint density at radius 3 is 2.50 bits per heavy atom. The number of rotatable bonds is 1. The summed E-state index contributed by atoms with van der Waals surface area (Å²) in [6.07, 6.45) is 4.78. The lowest BCUT2D eigenvalue weighted by molar-refractivity contribution is 1.42. The van der Waals surface area contributed by atoms with E-state index in [2.05, 4.69) is 29.8 Å². The summed E-state index contributed by atoms with van der Waals surface area (Å²) in [7, 11) is 0. The van der Waals surface area contributed by atoms with Crippen molar-refractivity contribution in [3.63, 3.8) is 0 Å². The van der Waals surface area contributed by atoms with Gasteiger partial charge in [0.05, 0.1) is 0 Å². The van der Waals surface area contributed by atoms with Crippen LogP contribution in [0, 0.1) is 0 Å². The quantitative estimate of drug-likeness (QED) is 0.630. The van der Waals surface area contributed by atoms with Crippen LogP contribution < -0.4 is 0 Å². The third-order valence-electron chi connectivity index (χ3n) is 1.89. The molecule has 1 aliphatic rings. The third kappa shape index (κ3) is 1.43. The molecule has 0 saturated heterocycles. The first kappa shape index (κ1) is 7.62. The molecule has 0 unspecified atom stereocenters. The summed E-state index contributed by atoms with van der Waals surface area (Å²) in [4.78, 5) is 5.06. The molecule has 0 spiro atoms. The maximum Gasteiger partial charge on any atom is 0.0305 e. The second-order valence-electron chi connectivity index (χ2n) is 2.74. The van der Waals surface area contributed by atoms with E-state index in [0.29, 0.717) is 0 Å². The van der Waals surface area contributed by atoms with E-state index in [4.69, 9.17) is 0 Å². The molecular formula is C10H9NS. The Kier molecular flexibility index (Phi) is 2.00. The molecule has 0 aromatic heterocycles. The normalized spacial score (nSPS) is 14.9. The highest BCUT2D eigenvalue weighted by Gasteiger charge is 2.02. The smallest absolute Gasteiger partial charge is 0.0305 e. The lowest BCUT2D eigenvalue weighted by Gasteiger charge is -1.99. The highest BCUT2D eigenvalue weighted by molar-refractivity contribution is 7.80.